The summed E-state index contributed by atoms with van der Waals surface area (Å²) in [6.45, 7) is 2.10. The van der Waals surface area contributed by atoms with Crippen molar-refractivity contribution in [3.63, 3.8) is 0 Å². The molecule has 0 aromatic carbocycles. The van der Waals surface area contributed by atoms with Crippen LogP contribution in [0.1, 0.15) is 36.7 Å². The first kappa shape index (κ1) is 10.9. The van der Waals surface area contributed by atoms with Gasteiger partial charge in [0.2, 0.25) is 0 Å². The Labute approximate surface area is 93.9 Å². The van der Waals surface area contributed by atoms with Crippen LogP contribution in [0.3, 0.4) is 0 Å². The van der Waals surface area contributed by atoms with Crippen LogP contribution in [-0.4, -0.2) is 27.3 Å². The normalized spacial score (nSPS) is 16.8. The molecule has 2 rings (SSSR count). The van der Waals surface area contributed by atoms with Gasteiger partial charge in [0.25, 0.3) is 0 Å². The number of aromatic carboxylic acids is 1. The fourth-order valence-corrected chi connectivity index (χ4v) is 1.69. The first-order valence-corrected chi connectivity index (χ1v) is 5.48. The molecule has 1 atom stereocenters. The standard InChI is InChI=1S/C11H15N3O2/c1-7(6-8-2-3-8)12-10-5-4-9(11(15)16)13-14-10/h4-5,7-8H,2-3,6H2,1H3,(H,12,14)(H,15,16). The van der Waals surface area contributed by atoms with E-state index < -0.39 is 5.97 Å². The molecule has 0 radical (unpaired) electrons. The second-order valence-electron chi connectivity index (χ2n) is 4.33. The zero-order chi connectivity index (χ0) is 11.5. The second kappa shape index (κ2) is 4.47. The number of nitrogens with zero attached hydrogens (tertiary/aromatic N) is 2. The van der Waals surface area contributed by atoms with Crippen LogP contribution in [0.5, 0.6) is 0 Å². The summed E-state index contributed by atoms with van der Waals surface area (Å²) in [6, 6.07) is 3.47. The molecule has 2 N–H and O–H groups in total. The molecule has 16 heavy (non-hydrogen) atoms. The van der Waals surface area contributed by atoms with Crippen molar-refractivity contribution in [2.45, 2.75) is 32.2 Å². The Morgan fingerprint density at radius 2 is 2.31 bits per heavy atom. The highest BCUT2D eigenvalue weighted by atomic mass is 16.4. The molecule has 86 valence electrons. The molecule has 0 aliphatic heterocycles. The fraction of sp³-hybridized carbons (Fsp3) is 0.545. The molecule has 1 aromatic rings. The van der Waals surface area contributed by atoms with Gasteiger partial charge < -0.3 is 10.4 Å². The van der Waals surface area contributed by atoms with Crippen LogP contribution in [0.15, 0.2) is 12.1 Å². The summed E-state index contributed by atoms with van der Waals surface area (Å²) in [5.74, 6) is 0.442. The van der Waals surface area contributed by atoms with E-state index in [0.717, 1.165) is 12.3 Å². The summed E-state index contributed by atoms with van der Waals surface area (Å²) in [5, 5.41) is 19.3. The number of carboxylic acids is 1. The molecular formula is C11H15N3O2. The van der Waals surface area contributed by atoms with Gasteiger partial charge in [-0.25, -0.2) is 4.79 Å². The summed E-state index contributed by atoms with van der Waals surface area (Å²) in [4.78, 5) is 10.6. The van der Waals surface area contributed by atoms with Gasteiger partial charge in [0.05, 0.1) is 0 Å². The van der Waals surface area contributed by atoms with Gasteiger partial charge in [0.15, 0.2) is 5.69 Å². The van der Waals surface area contributed by atoms with Crippen molar-refractivity contribution < 1.29 is 9.90 Å². The zero-order valence-electron chi connectivity index (χ0n) is 9.18. The Hall–Kier alpha value is -1.65. The summed E-state index contributed by atoms with van der Waals surface area (Å²) in [7, 11) is 0. The van der Waals surface area contributed by atoms with E-state index in [4.69, 9.17) is 5.11 Å². The average Bonchev–Trinajstić information content (AvgIpc) is 3.02. The number of hydrogen-bond acceptors (Lipinski definition) is 4. The Balaban J connectivity index is 1.90. The highest BCUT2D eigenvalue weighted by molar-refractivity contribution is 5.85. The lowest BCUT2D eigenvalue weighted by molar-refractivity contribution is 0.0689. The number of hydrogen-bond donors (Lipinski definition) is 2. The SMILES string of the molecule is CC(CC1CC1)Nc1ccc(C(=O)O)nn1. The maximum atomic E-state index is 10.6. The molecule has 1 aliphatic carbocycles. The van der Waals surface area contributed by atoms with Gasteiger partial charge in [-0.2, -0.15) is 0 Å². The Morgan fingerprint density at radius 1 is 1.56 bits per heavy atom. The van der Waals surface area contributed by atoms with Crippen LogP contribution >= 0.6 is 0 Å². The number of carboxylic acid groups (broad SMARTS) is 1. The van der Waals surface area contributed by atoms with Gasteiger partial charge in [-0.15, -0.1) is 10.2 Å². The molecule has 1 heterocycles. The number of carbonyl (C=O) groups is 1. The largest absolute Gasteiger partial charge is 0.476 e. The van der Waals surface area contributed by atoms with Crippen molar-refractivity contribution in [2.75, 3.05) is 5.32 Å². The minimum absolute atomic E-state index is 0.0274. The van der Waals surface area contributed by atoms with E-state index >= 15 is 0 Å². The number of nitrogens with one attached hydrogen (secondary N) is 1. The summed E-state index contributed by atoms with van der Waals surface area (Å²) in [6.07, 6.45) is 3.80. The molecular weight excluding hydrogens is 206 g/mol. The van der Waals surface area contributed by atoms with Crippen molar-refractivity contribution >= 4 is 11.8 Å². The first-order valence-electron chi connectivity index (χ1n) is 5.48. The van der Waals surface area contributed by atoms with Crippen molar-refractivity contribution in [1.29, 1.82) is 0 Å². The van der Waals surface area contributed by atoms with E-state index in [9.17, 15) is 4.79 Å². The smallest absolute Gasteiger partial charge is 0.356 e. The van der Waals surface area contributed by atoms with E-state index in [-0.39, 0.29) is 5.69 Å². The van der Waals surface area contributed by atoms with E-state index in [2.05, 4.69) is 22.4 Å². The lowest BCUT2D eigenvalue weighted by Gasteiger charge is -2.13. The lowest BCUT2D eigenvalue weighted by Crippen LogP contribution is -2.17. The van der Waals surface area contributed by atoms with Gasteiger partial charge in [-0.05, 0) is 31.4 Å². The predicted molar refractivity (Wildman–Crippen MR) is 59.4 cm³/mol. The third-order valence-corrected chi connectivity index (χ3v) is 2.66. The molecule has 1 saturated carbocycles. The van der Waals surface area contributed by atoms with Crippen LogP contribution in [0.2, 0.25) is 0 Å². The zero-order valence-corrected chi connectivity index (χ0v) is 9.18. The highest BCUT2D eigenvalue weighted by Crippen LogP contribution is 2.33. The van der Waals surface area contributed by atoms with Crippen LogP contribution in [0, 0.1) is 5.92 Å². The van der Waals surface area contributed by atoms with Crippen molar-refractivity contribution in [3.8, 4) is 0 Å². The maximum Gasteiger partial charge on any atom is 0.356 e. The molecule has 1 aromatic heterocycles. The van der Waals surface area contributed by atoms with Crippen molar-refractivity contribution in [1.82, 2.24) is 10.2 Å². The number of aromatic nitrogens is 2. The molecule has 0 amide bonds. The molecule has 5 nitrogen and oxygen atoms in total. The van der Waals surface area contributed by atoms with Crippen molar-refractivity contribution in [3.05, 3.63) is 17.8 Å². The number of anilines is 1. The van der Waals surface area contributed by atoms with E-state index in [1.807, 2.05) is 0 Å². The molecule has 5 heteroatoms. The van der Waals surface area contributed by atoms with Gasteiger partial charge in [-0.3, -0.25) is 0 Å². The summed E-state index contributed by atoms with van der Waals surface area (Å²) >= 11 is 0. The Morgan fingerprint density at radius 3 is 2.81 bits per heavy atom. The maximum absolute atomic E-state index is 10.6. The Kier molecular flexibility index (Phi) is 3.03. The molecule has 1 fully saturated rings. The minimum Gasteiger partial charge on any atom is -0.476 e. The van der Waals surface area contributed by atoms with E-state index in [1.54, 1.807) is 6.07 Å². The molecule has 1 aliphatic rings. The topological polar surface area (TPSA) is 75.1 Å². The highest BCUT2D eigenvalue weighted by Gasteiger charge is 2.23. The van der Waals surface area contributed by atoms with E-state index in [1.165, 1.54) is 18.9 Å². The predicted octanol–water partition coefficient (Wildman–Crippen LogP) is 1.78. The van der Waals surface area contributed by atoms with Crippen LogP contribution in [0.4, 0.5) is 5.82 Å². The molecule has 0 spiro atoms. The van der Waals surface area contributed by atoms with Gasteiger partial charge in [-0.1, -0.05) is 12.8 Å². The summed E-state index contributed by atoms with van der Waals surface area (Å²) in [5.41, 5.74) is -0.0274. The Bertz CT molecular complexity index is 373. The van der Waals surface area contributed by atoms with E-state index in [0.29, 0.717) is 11.9 Å². The van der Waals surface area contributed by atoms with Crippen LogP contribution in [-0.2, 0) is 0 Å². The fourth-order valence-electron chi connectivity index (χ4n) is 1.69. The van der Waals surface area contributed by atoms with Crippen LogP contribution in [0.25, 0.3) is 0 Å². The molecule has 1 unspecified atom stereocenters. The van der Waals surface area contributed by atoms with Crippen LogP contribution < -0.4 is 5.32 Å². The third-order valence-electron chi connectivity index (χ3n) is 2.66. The van der Waals surface area contributed by atoms with Crippen molar-refractivity contribution in [2.24, 2.45) is 5.92 Å². The summed E-state index contributed by atoms with van der Waals surface area (Å²) < 4.78 is 0. The number of rotatable bonds is 5. The lowest BCUT2D eigenvalue weighted by atomic mass is 10.1. The monoisotopic (exact) mass is 221 g/mol. The first-order chi connectivity index (χ1) is 7.65. The van der Waals surface area contributed by atoms with Gasteiger partial charge in [0, 0.05) is 6.04 Å². The average molecular weight is 221 g/mol. The minimum atomic E-state index is -1.05. The molecule has 0 saturated heterocycles. The quantitative estimate of drug-likeness (QED) is 0.792. The van der Waals surface area contributed by atoms with Gasteiger partial charge in [0.1, 0.15) is 5.82 Å². The molecule has 0 bridgehead atoms. The second-order valence-corrected chi connectivity index (χ2v) is 4.33. The van der Waals surface area contributed by atoms with Gasteiger partial charge >= 0.3 is 5.97 Å². The third kappa shape index (κ3) is 2.92.